The predicted octanol–water partition coefficient (Wildman–Crippen LogP) is 6.65. The van der Waals surface area contributed by atoms with Crippen LogP contribution in [-0.2, 0) is 34.3 Å². The minimum absolute atomic E-state index is 0. The SMILES string of the molecule is C.C.CS(=O)(=O)N[C@H]1CCN(C(=O)OCC(F)F)C1COC1CCC(c2ccccc2)CC1.CS(=O)(=O)N[C@H]1CCNC1COC1CCC(c2ccccc2)CC1.OCC(F)F. The van der Waals surface area contributed by atoms with Gasteiger partial charge in [-0.05, 0) is 93.7 Å². The number of carbonyl (C=O) groups is 1. The van der Waals surface area contributed by atoms with Gasteiger partial charge >= 0.3 is 6.09 Å². The fourth-order valence-electron chi connectivity index (χ4n) is 8.33. The molecule has 2 aliphatic carbocycles. The number of aliphatic hydroxyl groups excluding tert-OH is 1. The molecule has 13 nitrogen and oxygen atoms in total. The van der Waals surface area contributed by atoms with Crippen molar-refractivity contribution in [1.29, 1.82) is 0 Å². The number of hydrogen-bond donors (Lipinski definition) is 4. The van der Waals surface area contributed by atoms with Crippen LogP contribution < -0.4 is 14.8 Å². The van der Waals surface area contributed by atoms with Crippen molar-refractivity contribution >= 4 is 26.1 Å². The number of rotatable bonds is 15. The van der Waals surface area contributed by atoms with Crippen LogP contribution in [0.1, 0.15) is 102 Å². The van der Waals surface area contributed by atoms with Gasteiger partial charge in [-0.25, -0.2) is 48.6 Å². The number of ether oxygens (including phenoxy) is 3. The van der Waals surface area contributed by atoms with Crippen LogP contribution in [0.25, 0.3) is 0 Å². The zero-order valence-electron chi connectivity index (χ0n) is 34.3. The lowest BCUT2D eigenvalue weighted by Gasteiger charge is -2.32. The third-order valence-corrected chi connectivity index (χ3v) is 12.7. The molecule has 4 atom stereocenters. The molecule has 2 aromatic carbocycles. The van der Waals surface area contributed by atoms with Crippen LogP contribution in [0.15, 0.2) is 60.7 Å². The second-order valence-corrected chi connectivity index (χ2v) is 19.4. The molecule has 2 saturated heterocycles. The second kappa shape index (κ2) is 27.4. The molecule has 0 spiro atoms. The van der Waals surface area contributed by atoms with Gasteiger partial charge in [0.25, 0.3) is 12.9 Å². The summed E-state index contributed by atoms with van der Waals surface area (Å²) >= 11 is 0. The first kappa shape index (κ1) is 55.2. The average Bonchev–Trinajstić information content (AvgIpc) is 3.84. The standard InChI is InChI=1S/C21H30F2N2O5S.C18H28N2O3S.C2H4F2O.2CH4/c1-31(27,28)24-18-11-12-25(21(26)30-14-20(22)23)19(18)13-29-17-9-7-16(8-10-17)15-5-3-2-4-6-15;1-24(21,22)20-17-11-12-19-18(17)13-23-16-9-7-15(8-10-16)14-5-3-2-4-6-14;3-2(4)1-5;;/h2-6,16-20,24H,7-14H2,1H3;2-6,15-20H,7-13H2,1H3;2,5H,1H2;2*1H4/t16?,17?,18-,19?;15?,16?,17-,18?;;;/m00.../s1. The third-order valence-electron chi connectivity index (χ3n) is 11.2. The molecule has 4 N–H and O–H groups in total. The van der Waals surface area contributed by atoms with E-state index < -0.39 is 64.3 Å². The van der Waals surface area contributed by atoms with Gasteiger partial charge in [-0.15, -0.1) is 0 Å². The number of nitrogens with zero attached hydrogens (tertiary/aromatic N) is 1. The highest BCUT2D eigenvalue weighted by Gasteiger charge is 2.40. The summed E-state index contributed by atoms with van der Waals surface area (Å²) in [5.74, 6) is 1.14. The van der Waals surface area contributed by atoms with Crippen LogP contribution in [0.3, 0.4) is 0 Å². The maximum Gasteiger partial charge on any atom is 0.410 e. The van der Waals surface area contributed by atoms with Crippen molar-refractivity contribution in [3.8, 4) is 0 Å². The molecule has 19 heteroatoms. The van der Waals surface area contributed by atoms with Crippen molar-refractivity contribution in [3.05, 3.63) is 71.8 Å². The van der Waals surface area contributed by atoms with Crippen LogP contribution in [0.5, 0.6) is 0 Å². The van der Waals surface area contributed by atoms with Gasteiger partial charge in [-0.1, -0.05) is 75.5 Å². The summed E-state index contributed by atoms with van der Waals surface area (Å²) in [5.41, 5.74) is 2.76. The van der Waals surface area contributed by atoms with Crippen LogP contribution >= 0.6 is 0 Å². The molecule has 62 heavy (non-hydrogen) atoms. The molecule has 356 valence electrons. The van der Waals surface area contributed by atoms with Gasteiger partial charge in [0.1, 0.15) is 6.61 Å². The van der Waals surface area contributed by atoms with Gasteiger partial charge < -0.3 is 29.5 Å². The first-order chi connectivity index (χ1) is 28.5. The highest BCUT2D eigenvalue weighted by molar-refractivity contribution is 7.89. The summed E-state index contributed by atoms with van der Waals surface area (Å²) in [6.07, 6.45) is 5.77. The molecule has 0 aromatic heterocycles. The molecule has 4 fully saturated rings. The van der Waals surface area contributed by atoms with E-state index in [2.05, 4.69) is 62.0 Å². The van der Waals surface area contributed by atoms with Crippen molar-refractivity contribution in [1.82, 2.24) is 19.7 Å². The molecule has 0 bridgehead atoms. The summed E-state index contributed by atoms with van der Waals surface area (Å²) in [7, 11) is -6.67. The van der Waals surface area contributed by atoms with E-state index in [0.717, 1.165) is 70.6 Å². The van der Waals surface area contributed by atoms with Gasteiger partial charge in [-0.3, -0.25) is 0 Å². The monoisotopic (exact) mass is 926 g/mol. The fourth-order valence-corrected chi connectivity index (χ4v) is 9.98. The van der Waals surface area contributed by atoms with E-state index in [1.165, 1.54) is 22.3 Å². The Kier molecular flexibility index (Phi) is 24.4. The largest absolute Gasteiger partial charge is 0.443 e. The van der Waals surface area contributed by atoms with Crippen LogP contribution in [0.4, 0.5) is 22.4 Å². The van der Waals surface area contributed by atoms with Crippen molar-refractivity contribution in [3.63, 3.8) is 0 Å². The first-order valence-corrected chi connectivity index (χ1v) is 24.4. The number of sulfonamides is 2. The summed E-state index contributed by atoms with van der Waals surface area (Å²) in [4.78, 5) is 13.6. The molecule has 6 rings (SSSR count). The normalized spacial score (nSPS) is 26.3. The molecular formula is C43H70F4N4O9S2. The van der Waals surface area contributed by atoms with Gasteiger partial charge in [0, 0.05) is 24.7 Å². The molecule has 4 aliphatic rings. The van der Waals surface area contributed by atoms with Gasteiger partial charge in [0.15, 0.2) is 6.61 Å². The van der Waals surface area contributed by atoms with Crippen LogP contribution in [0, 0.1) is 0 Å². The van der Waals surface area contributed by atoms with Gasteiger partial charge in [0.05, 0.1) is 44.0 Å². The fraction of sp³-hybridized carbons (Fsp3) is 0.698. The Hall–Kier alpha value is -2.91. The van der Waals surface area contributed by atoms with Crippen LogP contribution in [-0.4, -0.2) is 134 Å². The quantitative estimate of drug-likeness (QED) is 0.142. The van der Waals surface area contributed by atoms with E-state index in [-0.39, 0.29) is 46.2 Å². The second-order valence-electron chi connectivity index (χ2n) is 15.9. The first-order valence-electron chi connectivity index (χ1n) is 20.6. The van der Waals surface area contributed by atoms with E-state index in [1.54, 1.807) is 0 Å². The number of likely N-dealkylation sites (tertiary alicyclic amines) is 1. The third kappa shape index (κ3) is 19.9. The summed E-state index contributed by atoms with van der Waals surface area (Å²) in [6, 6.07) is 19.9. The zero-order chi connectivity index (χ0) is 43.7. The number of hydrogen-bond acceptors (Lipinski definition) is 10. The molecule has 2 unspecified atom stereocenters. The van der Waals surface area contributed by atoms with E-state index in [4.69, 9.17) is 14.6 Å². The van der Waals surface area contributed by atoms with Crippen molar-refractivity contribution < 1.29 is 58.5 Å². The van der Waals surface area contributed by atoms with E-state index in [9.17, 15) is 39.2 Å². The molecule has 2 saturated carbocycles. The van der Waals surface area contributed by atoms with Gasteiger partial charge in [-0.2, -0.15) is 0 Å². The minimum Gasteiger partial charge on any atom is -0.443 e. The Morgan fingerprint density at radius 3 is 1.60 bits per heavy atom. The average molecular weight is 927 g/mol. The lowest BCUT2D eigenvalue weighted by Crippen LogP contribution is -2.49. The number of carbonyl (C=O) groups excluding carboxylic acids is 1. The van der Waals surface area contributed by atoms with Crippen molar-refractivity contribution in [2.75, 3.05) is 52.0 Å². The molecule has 2 aromatic rings. The topological polar surface area (TPSA) is 173 Å². The highest BCUT2D eigenvalue weighted by atomic mass is 32.2. The van der Waals surface area contributed by atoms with E-state index in [1.807, 2.05) is 18.2 Å². The van der Waals surface area contributed by atoms with Gasteiger partial charge in [0.2, 0.25) is 20.0 Å². The van der Waals surface area contributed by atoms with Crippen molar-refractivity contribution in [2.24, 2.45) is 0 Å². The smallest absolute Gasteiger partial charge is 0.410 e. The highest BCUT2D eigenvalue weighted by Crippen LogP contribution is 2.35. The van der Waals surface area contributed by atoms with E-state index in [0.29, 0.717) is 31.0 Å². The Balaban J connectivity index is 0.000000382. The molecule has 1 amide bonds. The molecule has 2 heterocycles. The number of nitrogens with one attached hydrogen (secondary N) is 3. The minimum atomic E-state index is -3.50. The molecular weight excluding hydrogens is 857 g/mol. The van der Waals surface area contributed by atoms with Crippen LogP contribution in [0.2, 0.25) is 0 Å². The number of halogens is 4. The van der Waals surface area contributed by atoms with E-state index >= 15 is 0 Å². The van der Waals surface area contributed by atoms with Crippen molar-refractivity contribution in [2.45, 2.75) is 140 Å². The molecule has 0 radical (unpaired) electrons. The molecule has 2 aliphatic heterocycles. The number of benzene rings is 2. The number of aliphatic hydroxyl groups is 1. The Labute approximate surface area is 367 Å². The lowest BCUT2D eigenvalue weighted by molar-refractivity contribution is -0.0129. The summed E-state index contributed by atoms with van der Waals surface area (Å²) < 4.78 is 114. The number of alkyl halides is 4. The predicted molar refractivity (Wildman–Crippen MR) is 234 cm³/mol. The lowest BCUT2D eigenvalue weighted by atomic mass is 9.83. The Bertz CT molecular complexity index is 1760. The maximum absolute atomic E-state index is 12.4. The summed E-state index contributed by atoms with van der Waals surface area (Å²) in [5, 5.41) is 10.7. The Morgan fingerprint density at radius 1 is 0.710 bits per heavy atom. The zero-order valence-corrected chi connectivity index (χ0v) is 36.0. The maximum atomic E-state index is 12.4. The number of amides is 1. The summed E-state index contributed by atoms with van der Waals surface area (Å²) in [6.45, 7) is -0.270. The Morgan fingerprint density at radius 2 is 1.16 bits per heavy atom.